The van der Waals surface area contributed by atoms with Crippen LogP contribution >= 0.6 is 0 Å². The van der Waals surface area contributed by atoms with Crippen LogP contribution in [0.4, 0.5) is 4.79 Å². The van der Waals surface area contributed by atoms with Crippen LogP contribution in [0.25, 0.3) is 0 Å². The number of nitrogens with one attached hydrogen (secondary N) is 1. The van der Waals surface area contributed by atoms with E-state index in [1.165, 1.54) is 64.7 Å². The summed E-state index contributed by atoms with van der Waals surface area (Å²) in [7, 11) is 0. The molecular weight excluding hydrogens is 502 g/mol. The number of carbonyl (C=O) groups is 4. The monoisotopic (exact) mass is 555 g/mol. The predicted molar refractivity (Wildman–Crippen MR) is 151 cm³/mol. The zero-order chi connectivity index (χ0) is 29.5. The van der Waals surface area contributed by atoms with Crippen LogP contribution in [0.5, 0.6) is 0 Å². The fourth-order valence-electron chi connectivity index (χ4n) is 3.66. The molecule has 0 aliphatic heterocycles. The third-order valence-corrected chi connectivity index (χ3v) is 5.78. The van der Waals surface area contributed by atoms with Crippen LogP contribution in [0.1, 0.15) is 125 Å². The normalized spacial score (nSPS) is 11.8. The summed E-state index contributed by atoms with van der Waals surface area (Å²) in [6, 6.07) is -1.05. The summed E-state index contributed by atoms with van der Waals surface area (Å²) in [5.41, 5.74) is -0.493. The first-order valence-corrected chi connectivity index (χ1v) is 14.6. The molecule has 1 amide bonds. The molecule has 0 spiro atoms. The Hall–Kier alpha value is -2.58. The van der Waals surface area contributed by atoms with Crippen molar-refractivity contribution in [3.8, 4) is 0 Å². The zero-order valence-corrected chi connectivity index (χ0v) is 25.1. The highest BCUT2D eigenvalue weighted by Gasteiger charge is 2.26. The number of carbonyl (C=O) groups excluding carboxylic acids is 4. The Morgan fingerprint density at radius 3 is 1.77 bits per heavy atom. The number of amides is 1. The summed E-state index contributed by atoms with van der Waals surface area (Å²) >= 11 is 0. The van der Waals surface area contributed by atoms with Crippen LogP contribution < -0.4 is 5.32 Å². The van der Waals surface area contributed by atoms with Crippen molar-refractivity contribution in [3.63, 3.8) is 0 Å². The van der Waals surface area contributed by atoms with Crippen molar-refractivity contribution < 1.29 is 38.1 Å². The molecule has 0 saturated carbocycles. The summed E-state index contributed by atoms with van der Waals surface area (Å²) in [5.74, 6) is -1.78. The lowest BCUT2D eigenvalue weighted by Gasteiger charge is -2.23. The Kier molecular flexibility index (Phi) is 20.8. The van der Waals surface area contributed by atoms with Crippen molar-refractivity contribution in [3.05, 3.63) is 12.2 Å². The molecule has 0 rings (SSSR count). The molecule has 1 atom stereocenters. The van der Waals surface area contributed by atoms with Gasteiger partial charge in [-0.2, -0.15) is 0 Å². The van der Waals surface area contributed by atoms with Gasteiger partial charge in [0.2, 0.25) is 0 Å². The van der Waals surface area contributed by atoms with Crippen molar-refractivity contribution in [1.82, 2.24) is 5.32 Å². The van der Waals surface area contributed by atoms with Gasteiger partial charge in [0.15, 0.2) is 0 Å². The minimum absolute atomic E-state index is 0.0130. The van der Waals surface area contributed by atoms with E-state index in [9.17, 15) is 19.2 Å². The molecule has 0 saturated heterocycles. The zero-order valence-electron chi connectivity index (χ0n) is 25.1. The molecule has 0 heterocycles. The number of alkyl carbamates (subject to hydrolysis) is 1. The molecule has 0 aliphatic rings. The highest BCUT2D eigenvalue weighted by atomic mass is 16.6. The second kappa shape index (κ2) is 22.3. The third kappa shape index (κ3) is 23.1. The third-order valence-electron chi connectivity index (χ3n) is 5.78. The van der Waals surface area contributed by atoms with Crippen LogP contribution in [0.2, 0.25) is 0 Å². The Labute approximate surface area is 235 Å². The van der Waals surface area contributed by atoms with E-state index in [2.05, 4.69) is 18.8 Å². The van der Waals surface area contributed by atoms with Crippen LogP contribution in [-0.4, -0.2) is 55.5 Å². The molecule has 0 unspecified atom stereocenters. The average molecular weight is 556 g/mol. The molecule has 39 heavy (non-hydrogen) atoms. The fourth-order valence-corrected chi connectivity index (χ4v) is 3.66. The van der Waals surface area contributed by atoms with Gasteiger partial charge in [0.05, 0.1) is 6.61 Å². The summed E-state index contributed by atoms with van der Waals surface area (Å²) in [5, 5.41) is 2.50. The Morgan fingerprint density at radius 1 is 0.744 bits per heavy atom. The van der Waals surface area contributed by atoms with Gasteiger partial charge in [0.25, 0.3) is 0 Å². The van der Waals surface area contributed by atoms with Crippen molar-refractivity contribution in [2.45, 2.75) is 136 Å². The molecule has 226 valence electrons. The molecule has 0 aromatic heterocycles. The quantitative estimate of drug-likeness (QED) is 0.0690. The van der Waals surface area contributed by atoms with Gasteiger partial charge < -0.3 is 24.3 Å². The lowest BCUT2D eigenvalue weighted by molar-refractivity contribution is -0.151. The van der Waals surface area contributed by atoms with Gasteiger partial charge in [-0.1, -0.05) is 84.1 Å². The largest absolute Gasteiger partial charge is 0.464 e. The second-order valence-electron chi connectivity index (χ2n) is 10.9. The number of hydrogen-bond acceptors (Lipinski definition) is 8. The van der Waals surface area contributed by atoms with E-state index in [0.717, 1.165) is 19.3 Å². The van der Waals surface area contributed by atoms with Crippen LogP contribution in [0, 0.1) is 0 Å². The minimum Gasteiger partial charge on any atom is -0.464 e. The van der Waals surface area contributed by atoms with Gasteiger partial charge in [-0.25, -0.2) is 14.4 Å². The van der Waals surface area contributed by atoms with E-state index < -0.39 is 35.6 Å². The Balaban J connectivity index is 4.33. The maximum atomic E-state index is 12.6. The smallest absolute Gasteiger partial charge is 0.408 e. The molecule has 0 aromatic carbocycles. The number of rotatable bonds is 22. The first kappa shape index (κ1) is 36.4. The maximum Gasteiger partial charge on any atom is 0.408 e. The van der Waals surface area contributed by atoms with Gasteiger partial charge >= 0.3 is 24.0 Å². The first-order chi connectivity index (χ1) is 18.5. The van der Waals surface area contributed by atoms with Gasteiger partial charge in [0, 0.05) is 12.0 Å². The highest BCUT2D eigenvalue weighted by molar-refractivity contribution is 5.87. The lowest BCUT2D eigenvalue weighted by Crippen LogP contribution is -2.44. The molecule has 9 heteroatoms. The van der Waals surface area contributed by atoms with E-state index >= 15 is 0 Å². The number of ether oxygens (including phenoxy) is 4. The summed E-state index contributed by atoms with van der Waals surface area (Å²) in [6.07, 6.45) is 13.5. The van der Waals surface area contributed by atoms with Crippen molar-refractivity contribution in [1.29, 1.82) is 0 Å². The molecule has 1 N–H and O–H groups in total. The molecule has 0 aromatic rings. The average Bonchev–Trinajstić information content (AvgIpc) is 2.85. The van der Waals surface area contributed by atoms with E-state index in [1.807, 2.05) is 0 Å². The fraction of sp³-hybridized carbons (Fsp3) is 0.800. The van der Waals surface area contributed by atoms with E-state index in [-0.39, 0.29) is 38.2 Å². The predicted octanol–water partition coefficient (Wildman–Crippen LogP) is 6.57. The molecule has 0 aliphatic carbocycles. The number of unbranched alkanes of at least 4 members (excludes halogenated alkanes) is 11. The summed E-state index contributed by atoms with van der Waals surface area (Å²) < 4.78 is 20.5. The van der Waals surface area contributed by atoms with E-state index in [0.29, 0.717) is 0 Å². The van der Waals surface area contributed by atoms with Crippen molar-refractivity contribution >= 4 is 24.0 Å². The number of esters is 3. The van der Waals surface area contributed by atoms with Gasteiger partial charge in [0.1, 0.15) is 24.9 Å². The van der Waals surface area contributed by atoms with E-state index in [4.69, 9.17) is 18.9 Å². The molecule has 9 nitrogen and oxygen atoms in total. The Morgan fingerprint density at radius 2 is 1.26 bits per heavy atom. The lowest BCUT2D eigenvalue weighted by atomic mass is 10.1. The molecule has 0 radical (unpaired) electrons. The summed E-state index contributed by atoms with van der Waals surface area (Å²) in [6.45, 7) is 12.4. The van der Waals surface area contributed by atoms with Crippen LogP contribution in [0.15, 0.2) is 12.2 Å². The topological polar surface area (TPSA) is 117 Å². The first-order valence-electron chi connectivity index (χ1n) is 14.6. The van der Waals surface area contributed by atoms with E-state index in [1.54, 1.807) is 20.8 Å². The molecular formula is C30H53NO8. The van der Waals surface area contributed by atoms with Gasteiger partial charge in [-0.15, -0.1) is 0 Å². The van der Waals surface area contributed by atoms with Crippen LogP contribution in [-0.2, 0) is 33.3 Å². The minimum atomic E-state index is -1.05. The maximum absolute atomic E-state index is 12.6. The number of hydrogen-bond donors (Lipinski definition) is 1. The summed E-state index contributed by atoms with van der Waals surface area (Å²) in [4.78, 5) is 48.3. The van der Waals surface area contributed by atoms with Crippen LogP contribution in [0.3, 0.4) is 0 Å². The van der Waals surface area contributed by atoms with Crippen molar-refractivity contribution in [2.24, 2.45) is 0 Å². The highest BCUT2D eigenvalue weighted by Crippen LogP contribution is 2.13. The van der Waals surface area contributed by atoms with Gasteiger partial charge in [-0.3, -0.25) is 4.79 Å². The molecule has 0 bridgehead atoms. The second-order valence-corrected chi connectivity index (χ2v) is 10.9. The SMILES string of the molecule is C=C(C)C(=O)OCCOC(=O)CC[C@H](NC(=O)OC(C)(C)C)C(=O)OCCCCCCCCCCCCCC. The Bertz CT molecular complexity index is 729. The van der Waals surface area contributed by atoms with Gasteiger partial charge in [-0.05, 0) is 40.5 Å². The standard InChI is InChI=1S/C30H53NO8/c1-7-8-9-10-11-12-13-14-15-16-17-18-21-37-28(34)25(31-29(35)39-30(4,5)6)19-20-26(32)36-22-23-38-27(33)24(2)3/h25H,2,7-23H2,1,3-6H3,(H,31,35)/t25-/m0/s1. The molecule has 0 fully saturated rings. The van der Waals surface area contributed by atoms with Crippen molar-refractivity contribution in [2.75, 3.05) is 19.8 Å².